The molecule has 1 amide bonds. The van der Waals surface area contributed by atoms with Crippen LogP contribution < -0.4 is 0 Å². The van der Waals surface area contributed by atoms with Crippen LogP contribution in [0, 0.1) is 12.8 Å². The van der Waals surface area contributed by atoms with Gasteiger partial charge in [0, 0.05) is 56.2 Å². The summed E-state index contributed by atoms with van der Waals surface area (Å²) in [6.45, 7) is 8.26. The van der Waals surface area contributed by atoms with Gasteiger partial charge in [-0.3, -0.25) is 9.69 Å². The highest BCUT2D eigenvalue weighted by molar-refractivity contribution is 5.92. The summed E-state index contributed by atoms with van der Waals surface area (Å²) in [7, 11) is 0. The highest BCUT2D eigenvalue weighted by Crippen LogP contribution is 2.25. The summed E-state index contributed by atoms with van der Waals surface area (Å²) < 4.78 is 13.1. The summed E-state index contributed by atoms with van der Waals surface area (Å²) in [5, 5.41) is 4.06. The Bertz CT molecular complexity index is 1050. The quantitative estimate of drug-likeness (QED) is 0.593. The van der Waals surface area contributed by atoms with E-state index in [2.05, 4.69) is 38.7 Å². The Morgan fingerprint density at radius 1 is 1.16 bits per heavy atom. The molecule has 3 aromatic rings. The van der Waals surface area contributed by atoms with Gasteiger partial charge in [0.15, 0.2) is 11.5 Å². The Kier molecular flexibility index (Phi) is 6.05. The van der Waals surface area contributed by atoms with Gasteiger partial charge in [-0.15, -0.1) is 0 Å². The van der Waals surface area contributed by atoms with E-state index in [9.17, 15) is 4.79 Å². The van der Waals surface area contributed by atoms with Crippen molar-refractivity contribution < 1.29 is 14.1 Å². The van der Waals surface area contributed by atoms with E-state index in [4.69, 9.17) is 9.26 Å². The smallest absolute Gasteiger partial charge is 0.276 e. The molecule has 0 saturated carbocycles. The standard InChI is InChI=1S/C24H29N5O3/c1-18-14-25-23(20-5-3-2-4-6-20)29(18)16-19-7-8-28(15-19)24(30)22-13-21(32-26-22)17-27-9-11-31-12-10-27/h2-6,13-14,19H,7-12,15-17H2,1H3. The first-order valence-electron chi connectivity index (χ1n) is 11.3. The molecule has 5 rings (SSSR count). The number of morpholine rings is 1. The van der Waals surface area contributed by atoms with Crippen LogP contribution in [0.1, 0.15) is 28.4 Å². The third-order valence-corrected chi connectivity index (χ3v) is 6.36. The number of ether oxygens (including phenoxy) is 1. The van der Waals surface area contributed by atoms with Crippen LogP contribution in [0.25, 0.3) is 11.4 Å². The number of amides is 1. The Morgan fingerprint density at radius 2 is 1.97 bits per heavy atom. The molecular weight excluding hydrogens is 406 g/mol. The number of nitrogens with zero attached hydrogens (tertiary/aromatic N) is 5. The van der Waals surface area contributed by atoms with Gasteiger partial charge < -0.3 is 18.7 Å². The number of likely N-dealkylation sites (tertiary alicyclic amines) is 1. The number of aryl methyl sites for hydroxylation is 1. The van der Waals surface area contributed by atoms with Crippen molar-refractivity contribution in [2.24, 2.45) is 5.92 Å². The maximum Gasteiger partial charge on any atom is 0.276 e. The maximum absolute atomic E-state index is 13.0. The van der Waals surface area contributed by atoms with Crippen LogP contribution in [-0.2, 0) is 17.8 Å². The summed E-state index contributed by atoms with van der Waals surface area (Å²) >= 11 is 0. The number of hydrogen-bond donors (Lipinski definition) is 0. The molecule has 0 bridgehead atoms. The van der Waals surface area contributed by atoms with E-state index in [0.29, 0.717) is 18.2 Å². The average Bonchev–Trinajstić information content (AvgIpc) is 3.56. The van der Waals surface area contributed by atoms with Crippen molar-refractivity contribution in [2.45, 2.75) is 26.4 Å². The van der Waals surface area contributed by atoms with Crippen LogP contribution >= 0.6 is 0 Å². The molecular formula is C24H29N5O3. The van der Waals surface area contributed by atoms with Gasteiger partial charge in [0.1, 0.15) is 5.82 Å². The molecule has 0 radical (unpaired) electrons. The van der Waals surface area contributed by atoms with Crippen LogP contribution in [0.3, 0.4) is 0 Å². The van der Waals surface area contributed by atoms with Crippen molar-refractivity contribution in [1.29, 1.82) is 0 Å². The summed E-state index contributed by atoms with van der Waals surface area (Å²) in [5.74, 6) is 2.05. The Labute approximate surface area is 187 Å². The van der Waals surface area contributed by atoms with E-state index < -0.39 is 0 Å². The highest BCUT2D eigenvalue weighted by Gasteiger charge is 2.30. The first-order valence-corrected chi connectivity index (χ1v) is 11.3. The van der Waals surface area contributed by atoms with Crippen LogP contribution in [0.15, 0.2) is 47.1 Å². The minimum Gasteiger partial charge on any atom is -0.379 e. The fraction of sp³-hybridized carbons (Fsp3) is 0.458. The second kappa shape index (κ2) is 9.26. The lowest BCUT2D eigenvalue weighted by molar-refractivity contribution is 0.0305. The van der Waals surface area contributed by atoms with Crippen molar-refractivity contribution >= 4 is 5.91 Å². The molecule has 168 valence electrons. The molecule has 4 heterocycles. The van der Waals surface area contributed by atoms with Crippen molar-refractivity contribution in [3.8, 4) is 11.4 Å². The maximum atomic E-state index is 13.0. The number of rotatable bonds is 6. The van der Waals surface area contributed by atoms with Gasteiger partial charge in [-0.2, -0.15) is 0 Å². The number of hydrogen-bond acceptors (Lipinski definition) is 6. The lowest BCUT2D eigenvalue weighted by Gasteiger charge is -2.25. The van der Waals surface area contributed by atoms with Gasteiger partial charge in [-0.25, -0.2) is 4.98 Å². The summed E-state index contributed by atoms with van der Waals surface area (Å²) in [5.41, 5.74) is 2.65. The number of carbonyl (C=O) groups is 1. The molecule has 0 spiro atoms. The monoisotopic (exact) mass is 435 g/mol. The molecule has 0 N–H and O–H groups in total. The van der Waals surface area contributed by atoms with Gasteiger partial charge in [-0.05, 0) is 19.3 Å². The third-order valence-electron chi connectivity index (χ3n) is 6.36. The van der Waals surface area contributed by atoms with Crippen molar-refractivity contribution in [3.05, 3.63) is 59.7 Å². The van der Waals surface area contributed by atoms with Crippen molar-refractivity contribution in [3.63, 3.8) is 0 Å². The van der Waals surface area contributed by atoms with Crippen molar-refractivity contribution in [2.75, 3.05) is 39.4 Å². The molecule has 0 aliphatic carbocycles. The van der Waals surface area contributed by atoms with Gasteiger partial charge in [-0.1, -0.05) is 35.5 Å². The first kappa shape index (κ1) is 20.9. The summed E-state index contributed by atoms with van der Waals surface area (Å²) in [6.07, 6.45) is 2.89. The minimum absolute atomic E-state index is 0.0462. The van der Waals surface area contributed by atoms with Gasteiger partial charge >= 0.3 is 0 Å². The lowest BCUT2D eigenvalue weighted by atomic mass is 10.1. The fourth-order valence-electron chi connectivity index (χ4n) is 4.56. The van der Waals surface area contributed by atoms with Crippen LogP contribution in [0.4, 0.5) is 0 Å². The van der Waals surface area contributed by atoms with Gasteiger partial charge in [0.2, 0.25) is 0 Å². The SMILES string of the molecule is Cc1cnc(-c2ccccc2)n1CC1CCN(C(=O)c2cc(CN3CCOCC3)on2)C1. The molecule has 2 aliphatic rings. The molecule has 32 heavy (non-hydrogen) atoms. The zero-order valence-corrected chi connectivity index (χ0v) is 18.4. The van der Waals surface area contributed by atoms with E-state index in [1.807, 2.05) is 29.3 Å². The molecule has 2 aliphatic heterocycles. The Morgan fingerprint density at radius 3 is 2.78 bits per heavy atom. The number of benzene rings is 1. The average molecular weight is 436 g/mol. The zero-order chi connectivity index (χ0) is 21.9. The number of imidazole rings is 1. The van der Waals surface area contributed by atoms with E-state index in [-0.39, 0.29) is 5.91 Å². The fourth-order valence-corrected chi connectivity index (χ4v) is 4.56. The molecule has 8 heteroatoms. The van der Waals surface area contributed by atoms with Crippen LogP contribution in [-0.4, -0.2) is 69.8 Å². The molecule has 1 aromatic carbocycles. The number of carbonyl (C=O) groups excluding carboxylic acids is 1. The number of aromatic nitrogens is 3. The molecule has 1 unspecified atom stereocenters. The highest BCUT2D eigenvalue weighted by atomic mass is 16.5. The lowest BCUT2D eigenvalue weighted by Crippen LogP contribution is -2.35. The Hall–Kier alpha value is -2.97. The van der Waals surface area contributed by atoms with Crippen molar-refractivity contribution in [1.82, 2.24) is 24.5 Å². The topological polar surface area (TPSA) is 76.6 Å². The normalized spacial score (nSPS) is 19.5. The summed E-state index contributed by atoms with van der Waals surface area (Å²) in [6, 6.07) is 12.0. The predicted octanol–water partition coefficient (Wildman–Crippen LogP) is 2.84. The Balaban J connectivity index is 1.21. The predicted molar refractivity (Wildman–Crippen MR) is 119 cm³/mol. The summed E-state index contributed by atoms with van der Waals surface area (Å²) in [4.78, 5) is 21.8. The molecule has 8 nitrogen and oxygen atoms in total. The molecule has 1 atom stereocenters. The zero-order valence-electron chi connectivity index (χ0n) is 18.4. The molecule has 2 fully saturated rings. The van der Waals surface area contributed by atoms with Crippen LogP contribution in [0.5, 0.6) is 0 Å². The molecule has 2 saturated heterocycles. The minimum atomic E-state index is -0.0462. The van der Waals surface area contributed by atoms with E-state index in [0.717, 1.165) is 75.2 Å². The van der Waals surface area contributed by atoms with E-state index >= 15 is 0 Å². The van der Waals surface area contributed by atoms with Crippen LogP contribution in [0.2, 0.25) is 0 Å². The first-order chi connectivity index (χ1) is 15.7. The second-order valence-electron chi connectivity index (χ2n) is 8.67. The van der Waals surface area contributed by atoms with E-state index in [1.165, 1.54) is 0 Å². The van der Waals surface area contributed by atoms with Gasteiger partial charge in [0.25, 0.3) is 5.91 Å². The van der Waals surface area contributed by atoms with Gasteiger partial charge in [0.05, 0.1) is 19.8 Å². The third kappa shape index (κ3) is 4.47. The van der Waals surface area contributed by atoms with E-state index in [1.54, 1.807) is 6.07 Å². The largest absolute Gasteiger partial charge is 0.379 e. The molecule has 2 aromatic heterocycles. The second-order valence-corrected chi connectivity index (χ2v) is 8.67.